The zero-order valence-corrected chi connectivity index (χ0v) is 10.2. The molecule has 17 heavy (non-hydrogen) atoms. The number of aromatic nitrogens is 2. The first-order chi connectivity index (χ1) is 8.24. The fourth-order valence-corrected chi connectivity index (χ4v) is 2.20. The smallest absolute Gasteiger partial charge is 0.137 e. The first kappa shape index (κ1) is 10.5. The highest BCUT2D eigenvalue weighted by Crippen LogP contribution is 2.25. The molecule has 3 rings (SSSR count). The van der Waals surface area contributed by atoms with E-state index in [1.807, 2.05) is 0 Å². The number of rotatable bonds is 2. The number of H-pyrrole nitrogens is 1. The van der Waals surface area contributed by atoms with E-state index in [4.69, 9.17) is 4.98 Å². The van der Waals surface area contributed by atoms with Crippen LogP contribution in [-0.2, 0) is 0 Å². The van der Waals surface area contributed by atoms with E-state index in [9.17, 15) is 0 Å². The molecule has 1 aromatic heterocycles. The number of hydrogen-bond donors (Lipinski definition) is 2. The van der Waals surface area contributed by atoms with E-state index in [0.29, 0.717) is 5.92 Å². The van der Waals surface area contributed by atoms with E-state index in [1.54, 1.807) is 0 Å². The minimum absolute atomic E-state index is 0.588. The fourth-order valence-electron chi connectivity index (χ4n) is 2.20. The fraction of sp³-hybridized carbons (Fsp3) is 0.357. The minimum Gasteiger partial charge on any atom is -0.342 e. The molecule has 1 saturated heterocycles. The molecule has 2 N–H and O–H groups in total. The summed E-state index contributed by atoms with van der Waals surface area (Å²) in [6.45, 7) is 6.32. The van der Waals surface area contributed by atoms with E-state index < -0.39 is 0 Å². The van der Waals surface area contributed by atoms with Crippen LogP contribution < -0.4 is 5.32 Å². The maximum atomic E-state index is 4.74. The summed E-state index contributed by atoms with van der Waals surface area (Å²) in [5.41, 5.74) is 4.86. The van der Waals surface area contributed by atoms with Crippen molar-refractivity contribution in [1.29, 1.82) is 0 Å². The Kier molecular flexibility index (Phi) is 2.48. The Morgan fingerprint density at radius 3 is 2.41 bits per heavy atom. The van der Waals surface area contributed by atoms with Gasteiger partial charge in [0.2, 0.25) is 0 Å². The van der Waals surface area contributed by atoms with E-state index in [0.717, 1.165) is 24.5 Å². The first-order valence-corrected chi connectivity index (χ1v) is 6.08. The zero-order valence-electron chi connectivity index (χ0n) is 10.2. The van der Waals surface area contributed by atoms with Crippen LogP contribution in [0.2, 0.25) is 0 Å². The summed E-state index contributed by atoms with van der Waals surface area (Å²) >= 11 is 0. The molecule has 1 fully saturated rings. The van der Waals surface area contributed by atoms with E-state index in [-0.39, 0.29) is 0 Å². The molecule has 1 aromatic carbocycles. The molecular weight excluding hydrogens is 210 g/mol. The number of benzene rings is 1. The predicted octanol–water partition coefficient (Wildman–Crippen LogP) is 2.38. The molecule has 0 bridgehead atoms. The summed E-state index contributed by atoms with van der Waals surface area (Å²) in [7, 11) is 0. The highest BCUT2D eigenvalue weighted by molar-refractivity contribution is 5.56. The second-order valence-corrected chi connectivity index (χ2v) is 4.82. The average Bonchev–Trinajstić information content (AvgIpc) is 2.60. The Morgan fingerprint density at radius 1 is 1.12 bits per heavy atom. The van der Waals surface area contributed by atoms with Crippen LogP contribution >= 0.6 is 0 Å². The van der Waals surface area contributed by atoms with Crippen LogP contribution in [0, 0.1) is 13.8 Å². The summed E-state index contributed by atoms with van der Waals surface area (Å²) in [4.78, 5) is 8.13. The highest BCUT2D eigenvalue weighted by Gasteiger charge is 2.23. The van der Waals surface area contributed by atoms with Crippen LogP contribution in [0.5, 0.6) is 0 Å². The summed E-state index contributed by atoms with van der Waals surface area (Å²) in [5, 5.41) is 3.29. The lowest BCUT2D eigenvalue weighted by Crippen LogP contribution is -2.40. The molecule has 2 aromatic rings. The number of aryl methyl sites for hydroxylation is 2. The quantitative estimate of drug-likeness (QED) is 0.827. The highest BCUT2D eigenvalue weighted by atomic mass is 15.0. The van der Waals surface area contributed by atoms with Crippen LogP contribution in [0.4, 0.5) is 0 Å². The maximum absolute atomic E-state index is 4.74. The van der Waals surface area contributed by atoms with Crippen LogP contribution in [0.3, 0.4) is 0 Å². The molecule has 0 saturated carbocycles. The largest absolute Gasteiger partial charge is 0.342 e. The molecule has 0 spiro atoms. The van der Waals surface area contributed by atoms with Gasteiger partial charge in [0.15, 0.2) is 0 Å². The molecule has 0 amide bonds. The van der Waals surface area contributed by atoms with Gasteiger partial charge in [-0.25, -0.2) is 4.98 Å². The molecule has 1 aliphatic heterocycles. The van der Waals surface area contributed by atoms with Crippen molar-refractivity contribution in [1.82, 2.24) is 15.3 Å². The molecule has 3 heteroatoms. The number of hydrogen-bond acceptors (Lipinski definition) is 2. The number of nitrogens with zero attached hydrogens (tertiary/aromatic N) is 1. The van der Waals surface area contributed by atoms with Gasteiger partial charge >= 0.3 is 0 Å². The van der Waals surface area contributed by atoms with Crippen molar-refractivity contribution < 1.29 is 0 Å². The Labute approximate surface area is 101 Å². The molecule has 0 atom stereocenters. The van der Waals surface area contributed by atoms with Gasteiger partial charge in [0.25, 0.3) is 0 Å². The van der Waals surface area contributed by atoms with Gasteiger partial charge in [-0.2, -0.15) is 0 Å². The van der Waals surface area contributed by atoms with Crippen LogP contribution in [0.15, 0.2) is 24.3 Å². The standard InChI is InChI=1S/C14H17N3/c1-9-3-5-11(6-4-9)14-16-10(2)13(17-14)12-7-15-8-12/h3-6,12,15H,7-8H2,1-2H3,(H,16,17). The lowest BCUT2D eigenvalue weighted by Gasteiger charge is -2.25. The van der Waals surface area contributed by atoms with Crippen LogP contribution in [0.25, 0.3) is 11.4 Å². The Bertz CT molecular complexity index is 521. The van der Waals surface area contributed by atoms with E-state index in [2.05, 4.69) is 48.4 Å². The van der Waals surface area contributed by atoms with Crippen molar-refractivity contribution in [3.05, 3.63) is 41.2 Å². The number of aromatic amines is 1. The van der Waals surface area contributed by atoms with Gasteiger partial charge in [-0.1, -0.05) is 29.8 Å². The van der Waals surface area contributed by atoms with Crippen molar-refractivity contribution in [2.24, 2.45) is 0 Å². The third-order valence-corrected chi connectivity index (χ3v) is 3.42. The molecular formula is C14H17N3. The Morgan fingerprint density at radius 2 is 1.82 bits per heavy atom. The molecule has 0 unspecified atom stereocenters. The number of nitrogens with one attached hydrogen (secondary N) is 2. The molecule has 88 valence electrons. The third kappa shape index (κ3) is 1.87. The summed E-state index contributed by atoms with van der Waals surface area (Å²) in [6, 6.07) is 8.49. The SMILES string of the molecule is Cc1ccc(-c2nc(C3CNC3)c(C)[nH]2)cc1. The maximum Gasteiger partial charge on any atom is 0.137 e. The van der Waals surface area contributed by atoms with Gasteiger partial charge in [-0.05, 0) is 13.8 Å². The molecule has 0 radical (unpaired) electrons. The second kappa shape index (κ2) is 4.00. The van der Waals surface area contributed by atoms with Crippen molar-refractivity contribution in [2.45, 2.75) is 19.8 Å². The van der Waals surface area contributed by atoms with E-state index in [1.165, 1.54) is 17.0 Å². The monoisotopic (exact) mass is 227 g/mol. The normalized spacial score (nSPS) is 15.9. The minimum atomic E-state index is 0.588. The van der Waals surface area contributed by atoms with Gasteiger partial charge in [0.1, 0.15) is 5.82 Å². The van der Waals surface area contributed by atoms with Crippen molar-refractivity contribution >= 4 is 0 Å². The molecule has 1 aliphatic rings. The average molecular weight is 227 g/mol. The zero-order chi connectivity index (χ0) is 11.8. The summed E-state index contributed by atoms with van der Waals surface area (Å²) < 4.78 is 0. The predicted molar refractivity (Wildman–Crippen MR) is 69.1 cm³/mol. The lowest BCUT2D eigenvalue weighted by atomic mass is 9.98. The summed E-state index contributed by atoms with van der Waals surface area (Å²) in [5.74, 6) is 1.58. The Hall–Kier alpha value is -1.61. The first-order valence-electron chi connectivity index (χ1n) is 6.08. The van der Waals surface area contributed by atoms with Crippen molar-refractivity contribution in [3.8, 4) is 11.4 Å². The topological polar surface area (TPSA) is 40.7 Å². The van der Waals surface area contributed by atoms with Crippen LogP contribution in [0.1, 0.15) is 22.9 Å². The third-order valence-electron chi connectivity index (χ3n) is 3.42. The molecule has 0 aliphatic carbocycles. The molecule has 3 nitrogen and oxygen atoms in total. The van der Waals surface area contributed by atoms with Gasteiger partial charge in [-0.3, -0.25) is 0 Å². The molecule has 2 heterocycles. The second-order valence-electron chi connectivity index (χ2n) is 4.82. The van der Waals surface area contributed by atoms with Gasteiger partial charge in [0.05, 0.1) is 5.69 Å². The van der Waals surface area contributed by atoms with Gasteiger partial charge in [-0.15, -0.1) is 0 Å². The summed E-state index contributed by atoms with van der Waals surface area (Å²) in [6.07, 6.45) is 0. The van der Waals surface area contributed by atoms with Crippen molar-refractivity contribution in [2.75, 3.05) is 13.1 Å². The van der Waals surface area contributed by atoms with E-state index >= 15 is 0 Å². The Balaban J connectivity index is 1.95. The van der Waals surface area contributed by atoms with Gasteiger partial charge in [0, 0.05) is 30.3 Å². The van der Waals surface area contributed by atoms with Crippen LogP contribution in [-0.4, -0.2) is 23.1 Å². The number of imidazole rings is 1. The van der Waals surface area contributed by atoms with Crippen molar-refractivity contribution in [3.63, 3.8) is 0 Å². The lowest BCUT2D eigenvalue weighted by molar-refractivity contribution is 0.439. The van der Waals surface area contributed by atoms with Gasteiger partial charge < -0.3 is 10.3 Å².